The predicted octanol–water partition coefficient (Wildman–Crippen LogP) is 3.68. The number of hydrogen-bond donors (Lipinski definition) is 2. The molecule has 0 bridgehead atoms. The third-order valence-corrected chi connectivity index (χ3v) is 4.30. The lowest BCUT2D eigenvalue weighted by molar-refractivity contribution is -0.138. The van der Waals surface area contributed by atoms with Gasteiger partial charge >= 0.3 is 0 Å². The van der Waals surface area contributed by atoms with Crippen LogP contribution in [0.4, 0.5) is 0 Å². The summed E-state index contributed by atoms with van der Waals surface area (Å²) in [5.74, 6) is 0.773. The molecule has 3 unspecified atom stereocenters. The number of ether oxygens (including phenoxy) is 1. The molecule has 0 aliphatic carbocycles. The topological polar surface area (TPSA) is 50.4 Å². The highest BCUT2D eigenvalue weighted by atomic mass is 16.5. The predicted molar refractivity (Wildman–Crippen MR) is 100.0 cm³/mol. The first-order valence-electron chi connectivity index (χ1n) is 9.00. The van der Waals surface area contributed by atoms with Gasteiger partial charge in [-0.05, 0) is 58.7 Å². The van der Waals surface area contributed by atoms with Crippen molar-refractivity contribution >= 4 is 6.47 Å². The molecule has 4 nitrogen and oxygen atoms in total. The van der Waals surface area contributed by atoms with Gasteiger partial charge in [-0.1, -0.05) is 43.7 Å². The Morgan fingerprint density at radius 3 is 2.50 bits per heavy atom. The van der Waals surface area contributed by atoms with Crippen molar-refractivity contribution in [3.05, 3.63) is 35.9 Å². The van der Waals surface area contributed by atoms with E-state index in [4.69, 9.17) is 0 Å². The van der Waals surface area contributed by atoms with Crippen molar-refractivity contribution in [2.24, 2.45) is 5.92 Å². The van der Waals surface area contributed by atoms with Crippen molar-refractivity contribution in [1.82, 2.24) is 10.6 Å². The van der Waals surface area contributed by atoms with Crippen molar-refractivity contribution in [1.29, 1.82) is 0 Å². The highest BCUT2D eigenvalue weighted by molar-refractivity contribution is 5.37. The van der Waals surface area contributed by atoms with E-state index in [2.05, 4.69) is 59.5 Å². The lowest BCUT2D eigenvalue weighted by atomic mass is 9.90. The van der Waals surface area contributed by atoms with E-state index in [9.17, 15) is 4.79 Å². The van der Waals surface area contributed by atoms with Gasteiger partial charge in [0.25, 0.3) is 6.47 Å². The van der Waals surface area contributed by atoms with Crippen molar-refractivity contribution in [2.75, 3.05) is 13.1 Å². The molecule has 0 radical (unpaired) electrons. The van der Waals surface area contributed by atoms with Crippen molar-refractivity contribution in [3.8, 4) is 0 Å². The van der Waals surface area contributed by atoms with Crippen LogP contribution in [0.3, 0.4) is 0 Å². The molecule has 0 aromatic heterocycles. The largest absolute Gasteiger partial charge is 0.462 e. The van der Waals surface area contributed by atoms with Crippen LogP contribution in [0, 0.1) is 5.92 Å². The zero-order valence-electron chi connectivity index (χ0n) is 15.8. The van der Waals surface area contributed by atoms with Gasteiger partial charge in [0.1, 0.15) is 5.60 Å². The number of carbonyl (C=O) groups is 1. The van der Waals surface area contributed by atoms with E-state index < -0.39 is 0 Å². The van der Waals surface area contributed by atoms with Crippen molar-refractivity contribution in [2.45, 2.75) is 65.1 Å². The second-order valence-electron chi connectivity index (χ2n) is 7.39. The van der Waals surface area contributed by atoms with Crippen LogP contribution in [0.15, 0.2) is 30.3 Å². The van der Waals surface area contributed by atoms with Crippen LogP contribution in [0.2, 0.25) is 0 Å². The maximum Gasteiger partial charge on any atom is 0.293 e. The molecule has 2 N–H and O–H groups in total. The molecule has 0 spiro atoms. The van der Waals surface area contributed by atoms with E-state index in [0.717, 1.165) is 19.0 Å². The maximum atomic E-state index is 9.60. The van der Waals surface area contributed by atoms with Crippen molar-refractivity contribution < 1.29 is 9.53 Å². The van der Waals surface area contributed by atoms with E-state index in [-0.39, 0.29) is 5.60 Å². The average molecular weight is 335 g/mol. The standard InChI is InChI=1S/C15H24N2.C5H10O2/c1-3-13-11-16-10-9-15(13)17-12(2)14-7-5-4-6-8-14;1-5(2,3)7-4-6/h4-8,12-13,15-17H,3,9-11H2,1-2H3;4H,1-3H3. The highest BCUT2D eigenvalue weighted by Gasteiger charge is 2.24. The SMILES string of the molecule is CC(C)(C)OC=O.CCC1CNCCC1NC(C)c1ccccc1. The molecular weight excluding hydrogens is 300 g/mol. The van der Waals surface area contributed by atoms with Gasteiger partial charge in [0.2, 0.25) is 0 Å². The number of benzene rings is 1. The van der Waals surface area contributed by atoms with E-state index in [1.807, 2.05) is 20.8 Å². The Bertz CT molecular complexity index is 456. The third kappa shape index (κ3) is 7.93. The van der Waals surface area contributed by atoms with E-state index >= 15 is 0 Å². The zero-order chi connectivity index (χ0) is 18.0. The van der Waals surface area contributed by atoms with Gasteiger partial charge in [-0.3, -0.25) is 4.79 Å². The van der Waals surface area contributed by atoms with Gasteiger partial charge in [-0.2, -0.15) is 0 Å². The summed E-state index contributed by atoms with van der Waals surface area (Å²) in [6.07, 6.45) is 2.50. The molecule has 1 aliphatic rings. The zero-order valence-corrected chi connectivity index (χ0v) is 15.8. The van der Waals surface area contributed by atoms with Crippen LogP contribution in [-0.4, -0.2) is 31.2 Å². The van der Waals surface area contributed by atoms with Gasteiger partial charge in [0.05, 0.1) is 0 Å². The number of nitrogens with one attached hydrogen (secondary N) is 2. The Morgan fingerprint density at radius 2 is 2.00 bits per heavy atom. The van der Waals surface area contributed by atoms with Crippen LogP contribution in [0.25, 0.3) is 0 Å². The summed E-state index contributed by atoms with van der Waals surface area (Å²) in [7, 11) is 0. The number of carbonyl (C=O) groups excluding carboxylic acids is 1. The van der Waals surface area contributed by atoms with E-state index in [0.29, 0.717) is 18.6 Å². The van der Waals surface area contributed by atoms with Crippen LogP contribution in [-0.2, 0) is 9.53 Å². The second-order valence-corrected chi connectivity index (χ2v) is 7.39. The molecule has 24 heavy (non-hydrogen) atoms. The summed E-state index contributed by atoms with van der Waals surface area (Å²) in [4.78, 5) is 9.60. The molecule has 1 aliphatic heterocycles. The van der Waals surface area contributed by atoms with Gasteiger partial charge in [-0.25, -0.2) is 0 Å². The van der Waals surface area contributed by atoms with Gasteiger partial charge in [0.15, 0.2) is 0 Å². The van der Waals surface area contributed by atoms with Gasteiger partial charge in [-0.15, -0.1) is 0 Å². The monoisotopic (exact) mass is 334 g/mol. The Morgan fingerprint density at radius 1 is 1.33 bits per heavy atom. The summed E-state index contributed by atoms with van der Waals surface area (Å²) < 4.78 is 4.55. The molecule has 1 aromatic rings. The fraction of sp³-hybridized carbons (Fsp3) is 0.650. The normalized spacial score (nSPS) is 22.0. The van der Waals surface area contributed by atoms with Crippen molar-refractivity contribution in [3.63, 3.8) is 0 Å². The molecule has 2 rings (SSSR count). The van der Waals surface area contributed by atoms with Crippen LogP contribution in [0.1, 0.15) is 59.1 Å². The minimum atomic E-state index is -0.318. The van der Waals surface area contributed by atoms with Gasteiger partial charge in [0, 0.05) is 12.1 Å². The maximum absolute atomic E-state index is 9.60. The fourth-order valence-corrected chi connectivity index (χ4v) is 2.87. The second kappa shape index (κ2) is 10.5. The Kier molecular flexibility index (Phi) is 9.01. The number of hydrogen-bond acceptors (Lipinski definition) is 4. The fourth-order valence-electron chi connectivity index (χ4n) is 2.87. The number of rotatable bonds is 5. The van der Waals surface area contributed by atoms with Crippen LogP contribution < -0.4 is 10.6 Å². The van der Waals surface area contributed by atoms with Crippen LogP contribution >= 0.6 is 0 Å². The quantitative estimate of drug-likeness (QED) is 0.807. The molecule has 0 saturated carbocycles. The molecule has 136 valence electrons. The third-order valence-electron chi connectivity index (χ3n) is 4.30. The molecule has 1 saturated heterocycles. The summed E-state index contributed by atoms with van der Waals surface area (Å²) >= 11 is 0. The molecule has 1 fully saturated rings. The molecular formula is C20H34N2O2. The van der Waals surface area contributed by atoms with Crippen LogP contribution in [0.5, 0.6) is 0 Å². The summed E-state index contributed by atoms with van der Waals surface area (Å²) in [6.45, 7) is 12.8. The lowest BCUT2D eigenvalue weighted by Crippen LogP contribution is -2.47. The molecule has 1 heterocycles. The molecule has 4 heteroatoms. The van der Waals surface area contributed by atoms with E-state index in [1.165, 1.54) is 18.4 Å². The Labute approximate surface area is 147 Å². The van der Waals surface area contributed by atoms with E-state index in [1.54, 1.807) is 0 Å². The molecule has 0 amide bonds. The Balaban J connectivity index is 0.000000351. The summed E-state index contributed by atoms with van der Waals surface area (Å²) in [5, 5.41) is 7.28. The first kappa shape index (κ1) is 20.7. The smallest absolute Gasteiger partial charge is 0.293 e. The lowest BCUT2D eigenvalue weighted by Gasteiger charge is -2.34. The summed E-state index contributed by atoms with van der Waals surface area (Å²) in [5.41, 5.74) is 1.07. The minimum absolute atomic E-state index is 0.318. The molecule has 3 atom stereocenters. The first-order valence-corrected chi connectivity index (χ1v) is 9.00. The Hall–Kier alpha value is -1.39. The van der Waals surface area contributed by atoms with Gasteiger partial charge < -0.3 is 15.4 Å². The average Bonchev–Trinajstić information content (AvgIpc) is 2.55. The minimum Gasteiger partial charge on any atom is -0.462 e. The molecule has 1 aromatic carbocycles. The summed E-state index contributed by atoms with van der Waals surface area (Å²) in [6, 6.07) is 11.8. The number of piperidine rings is 1. The highest BCUT2D eigenvalue weighted by Crippen LogP contribution is 2.20. The first-order chi connectivity index (χ1) is 11.4.